The van der Waals surface area contributed by atoms with Crippen LogP contribution in [0.2, 0.25) is 5.02 Å². The highest BCUT2D eigenvalue weighted by Gasteiger charge is 2.51. The molecule has 0 saturated heterocycles. The average molecular weight is 273 g/mol. The van der Waals surface area contributed by atoms with Gasteiger partial charge in [-0.05, 0) is 31.0 Å². The van der Waals surface area contributed by atoms with Crippen LogP contribution in [0, 0.1) is 12.3 Å². The van der Waals surface area contributed by atoms with Crippen LogP contribution in [0.3, 0.4) is 0 Å². The molecule has 0 bridgehead atoms. The predicted octanol–water partition coefficient (Wildman–Crippen LogP) is 4.82. The van der Waals surface area contributed by atoms with E-state index in [-0.39, 0.29) is 16.9 Å². The minimum Gasteiger partial charge on any atom is -0.488 e. The molecule has 0 radical (unpaired) electrons. The number of hydrogen-bond donors (Lipinski definition) is 0. The molecular formula is C14H18Cl2O. The van der Waals surface area contributed by atoms with Crippen molar-refractivity contribution in [3.63, 3.8) is 0 Å². The van der Waals surface area contributed by atoms with Crippen LogP contribution in [0.4, 0.5) is 0 Å². The van der Waals surface area contributed by atoms with Gasteiger partial charge in [-0.25, -0.2) is 0 Å². The molecule has 0 N–H and O–H groups in total. The molecule has 94 valence electrons. The molecule has 1 aliphatic carbocycles. The maximum absolute atomic E-state index is 6.27. The van der Waals surface area contributed by atoms with E-state index in [4.69, 9.17) is 27.9 Å². The summed E-state index contributed by atoms with van der Waals surface area (Å²) in [5.41, 5.74) is 1.21. The van der Waals surface area contributed by atoms with Crippen molar-refractivity contribution in [1.29, 1.82) is 0 Å². The van der Waals surface area contributed by atoms with Gasteiger partial charge in [-0.2, -0.15) is 0 Å². The smallest absolute Gasteiger partial charge is 0.138 e. The third kappa shape index (κ3) is 2.28. The highest BCUT2D eigenvalue weighted by Crippen LogP contribution is 2.49. The van der Waals surface area contributed by atoms with Crippen molar-refractivity contribution in [2.45, 2.75) is 45.1 Å². The van der Waals surface area contributed by atoms with Gasteiger partial charge >= 0.3 is 0 Å². The van der Waals surface area contributed by atoms with E-state index in [2.05, 4.69) is 13.8 Å². The lowest BCUT2D eigenvalue weighted by Gasteiger charge is -2.50. The molecule has 1 aromatic carbocycles. The Morgan fingerprint density at radius 2 is 2.18 bits per heavy atom. The molecule has 3 unspecified atom stereocenters. The van der Waals surface area contributed by atoms with Crippen LogP contribution >= 0.6 is 23.2 Å². The number of ether oxygens (including phenoxy) is 1. The van der Waals surface area contributed by atoms with Crippen LogP contribution in [0.15, 0.2) is 18.2 Å². The molecule has 0 heterocycles. The second kappa shape index (κ2) is 4.70. The summed E-state index contributed by atoms with van der Waals surface area (Å²) in [5, 5.41) is 0.892. The molecule has 17 heavy (non-hydrogen) atoms. The Bertz CT molecular complexity index is 419. The molecule has 0 aliphatic heterocycles. The highest BCUT2D eigenvalue weighted by molar-refractivity contribution is 6.32. The van der Waals surface area contributed by atoms with Crippen LogP contribution in [0.1, 0.15) is 32.3 Å². The van der Waals surface area contributed by atoms with Gasteiger partial charge in [0, 0.05) is 17.2 Å². The first-order chi connectivity index (χ1) is 7.97. The molecule has 3 atom stereocenters. The average Bonchev–Trinajstić information content (AvgIpc) is 2.30. The van der Waals surface area contributed by atoms with Crippen LogP contribution in [0.5, 0.6) is 5.75 Å². The predicted molar refractivity (Wildman–Crippen MR) is 73.3 cm³/mol. The summed E-state index contributed by atoms with van der Waals surface area (Å²) in [4.78, 5) is 0. The SMILES string of the molecule is CCC1(C)C(Cl)CC1Oc1ccc(C)cc1Cl. The number of halogens is 2. The normalized spacial score (nSPS) is 32.1. The van der Waals surface area contributed by atoms with E-state index in [1.54, 1.807) is 0 Å². The van der Waals surface area contributed by atoms with Crippen molar-refractivity contribution in [1.82, 2.24) is 0 Å². The van der Waals surface area contributed by atoms with Crippen molar-refractivity contribution >= 4 is 23.2 Å². The standard InChI is InChI=1S/C14H18Cl2O/c1-4-14(3)12(16)8-13(14)17-11-6-5-9(2)7-10(11)15/h5-7,12-13H,4,8H2,1-3H3. The largest absolute Gasteiger partial charge is 0.488 e. The fourth-order valence-electron chi connectivity index (χ4n) is 2.25. The zero-order valence-corrected chi connectivity index (χ0v) is 12.0. The monoisotopic (exact) mass is 272 g/mol. The lowest BCUT2D eigenvalue weighted by molar-refractivity contribution is -0.0294. The summed E-state index contributed by atoms with van der Waals surface area (Å²) in [6.45, 7) is 6.35. The van der Waals surface area contributed by atoms with Crippen LogP contribution < -0.4 is 4.74 Å². The molecule has 1 nitrogen and oxygen atoms in total. The lowest BCUT2D eigenvalue weighted by atomic mass is 9.65. The van der Waals surface area contributed by atoms with E-state index in [0.29, 0.717) is 5.02 Å². The van der Waals surface area contributed by atoms with Crippen LogP contribution in [-0.4, -0.2) is 11.5 Å². The summed E-state index contributed by atoms with van der Waals surface area (Å²) in [6, 6.07) is 5.88. The quantitative estimate of drug-likeness (QED) is 0.717. The number of benzene rings is 1. The molecule has 3 heteroatoms. The van der Waals surface area contributed by atoms with Crippen molar-refractivity contribution in [2.75, 3.05) is 0 Å². The Morgan fingerprint density at radius 3 is 2.71 bits per heavy atom. The summed E-state index contributed by atoms with van der Waals surface area (Å²) in [5.74, 6) is 0.769. The molecule has 1 aliphatic rings. The Labute approximate surface area is 113 Å². The fourth-order valence-corrected chi connectivity index (χ4v) is 2.99. The Morgan fingerprint density at radius 1 is 1.47 bits per heavy atom. The van der Waals surface area contributed by atoms with E-state index < -0.39 is 0 Å². The van der Waals surface area contributed by atoms with Gasteiger partial charge in [0.2, 0.25) is 0 Å². The third-order valence-corrected chi connectivity index (χ3v) is 4.96. The van der Waals surface area contributed by atoms with Gasteiger partial charge in [0.15, 0.2) is 0 Å². The lowest BCUT2D eigenvalue weighted by Crippen LogP contribution is -2.55. The zero-order chi connectivity index (χ0) is 12.6. The molecule has 0 amide bonds. The van der Waals surface area contributed by atoms with E-state index in [1.165, 1.54) is 0 Å². The Balaban J connectivity index is 2.12. The van der Waals surface area contributed by atoms with Gasteiger partial charge in [-0.15, -0.1) is 11.6 Å². The molecular weight excluding hydrogens is 255 g/mol. The van der Waals surface area contributed by atoms with Gasteiger partial charge in [0.1, 0.15) is 11.9 Å². The maximum atomic E-state index is 6.27. The molecule has 0 spiro atoms. The first-order valence-electron chi connectivity index (χ1n) is 6.04. The fraction of sp³-hybridized carbons (Fsp3) is 0.571. The molecule has 1 saturated carbocycles. The van der Waals surface area contributed by atoms with Gasteiger partial charge in [0.25, 0.3) is 0 Å². The first kappa shape index (κ1) is 13.0. The number of aryl methyl sites for hydroxylation is 1. The van der Waals surface area contributed by atoms with Gasteiger partial charge in [0.05, 0.1) is 5.02 Å². The summed E-state index contributed by atoms with van der Waals surface area (Å²) < 4.78 is 6.00. The minimum atomic E-state index is 0.0652. The second-order valence-electron chi connectivity index (χ2n) is 5.10. The molecule has 2 rings (SSSR count). The number of alkyl halides is 1. The Hall–Kier alpha value is -0.400. The Kier molecular flexibility index (Phi) is 3.61. The highest BCUT2D eigenvalue weighted by atomic mass is 35.5. The third-order valence-electron chi connectivity index (χ3n) is 3.99. The van der Waals surface area contributed by atoms with Crippen molar-refractivity contribution < 1.29 is 4.74 Å². The minimum absolute atomic E-state index is 0.0652. The second-order valence-corrected chi connectivity index (χ2v) is 6.04. The van der Waals surface area contributed by atoms with Gasteiger partial charge in [-0.3, -0.25) is 0 Å². The molecule has 1 aromatic rings. The first-order valence-corrected chi connectivity index (χ1v) is 6.85. The van der Waals surface area contributed by atoms with Crippen molar-refractivity contribution in [3.05, 3.63) is 28.8 Å². The zero-order valence-electron chi connectivity index (χ0n) is 10.5. The van der Waals surface area contributed by atoms with Crippen LogP contribution in [-0.2, 0) is 0 Å². The summed E-state index contributed by atoms with van der Waals surface area (Å²) in [6.07, 6.45) is 2.10. The van der Waals surface area contributed by atoms with Crippen molar-refractivity contribution in [3.8, 4) is 5.75 Å². The van der Waals surface area contributed by atoms with E-state index >= 15 is 0 Å². The van der Waals surface area contributed by atoms with Crippen LogP contribution in [0.25, 0.3) is 0 Å². The summed E-state index contributed by atoms with van der Waals surface area (Å²) in [7, 11) is 0. The van der Waals surface area contributed by atoms with Crippen molar-refractivity contribution in [2.24, 2.45) is 5.41 Å². The summed E-state index contributed by atoms with van der Waals surface area (Å²) >= 11 is 12.4. The maximum Gasteiger partial charge on any atom is 0.138 e. The van der Waals surface area contributed by atoms with E-state index in [0.717, 1.165) is 24.2 Å². The van der Waals surface area contributed by atoms with Gasteiger partial charge < -0.3 is 4.74 Å². The topological polar surface area (TPSA) is 9.23 Å². The number of hydrogen-bond acceptors (Lipinski definition) is 1. The van der Waals surface area contributed by atoms with E-state index in [9.17, 15) is 0 Å². The van der Waals surface area contributed by atoms with E-state index in [1.807, 2.05) is 25.1 Å². The van der Waals surface area contributed by atoms with Gasteiger partial charge in [-0.1, -0.05) is 31.5 Å². The number of rotatable bonds is 3. The molecule has 1 fully saturated rings. The molecule has 0 aromatic heterocycles.